The number of carbonyl (C=O) groups is 3. The van der Waals surface area contributed by atoms with Gasteiger partial charge in [-0.25, -0.2) is 4.79 Å². The molecule has 1 atom stereocenters. The van der Waals surface area contributed by atoms with Crippen LogP contribution < -0.4 is 4.74 Å². The standard InChI is InChI=1S/C23H25NO5/c1-17-7-5-6-14-24(17)21(25)15-29-22(26)16-28-20-12-10-19(11-13-20)23(27)18-8-3-2-4-9-18/h2-4,8-13,17H,5-7,14-16H2,1H3/t17-/m1/s1. The van der Waals surface area contributed by atoms with Crippen molar-refractivity contribution in [1.82, 2.24) is 4.90 Å². The van der Waals surface area contributed by atoms with Crippen molar-refractivity contribution >= 4 is 17.7 Å². The third-order valence-corrected chi connectivity index (χ3v) is 4.99. The lowest BCUT2D eigenvalue weighted by atomic mass is 10.0. The summed E-state index contributed by atoms with van der Waals surface area (Å²) in [5.41, 5.74) is 1.14. The number of benzene rings is 2. The van der Waals surface area contributed by atoms with Gasteiger partial charge in [-0.1, -0.05) is 30.3 Å². The largest absolute Gasteiger partial charge is 0.482 e. The number of hydrogen-bond donors (Lipinski definition) is 0. The highest BCUT2D eigenvalue weighted by molar-refractivity contribution is 6.08. The molecule has 2 aromatic carbocycles. The predicted molar refractivity (Wildman–Crippen MR) is 108 cm³/mol. The van der Waals surface area contributed by atoms with Crippen molar-refractivity contribution in [2.24, 2.45) is 0 Å². The van der Waals surface area contributed by atoms with Gasteiger partial charge >= 0.3 is 5.97 Å². The van der Waals surface area contributed by atoms with Crippen LogP contribution in [0.2, 0.25) is 0 Å². The molecule has 6 heteroatoms. The van der Waals surface area contributed by atoms with Crippen LogP contribution in [0, 0.1) is 0 Å². The quantitative estimate of drug-likeness (QED) is 0.532. The van der Waals surface area contributed by atoms with Crippen LogP contribution in [0.5, 0.6) is 5.75 Å². The Morgan fingerprint density at radius 3 is 2.31 bits per heavy atom. The Bertz CT molecular complexity index is 847. The number of esters is 1. The summed E-state index contributed by atoms with van der Waals surface area (Å²) in [6.07, 6.45) is 3.08. The van der Waals surface area contributed by atoms with Crippen LogP contribution in [0.3, 0.4) is 0 Å². The number of ketones is 1. The summed E-state index contributed by atoms with van der Waals surface area (Å²) in [6.45, 7) is 2.15. The Morgan fingerprint density at radius 1 is 0.931 bits per heavy atom. The molecule has 0 aromatic heterocycles. The van der Waals surface area contributed by atoms with Crippen molar-refractivity contribution in [3.63, 3.8) is 0 Å². The number of carbonyl (C=O) groups excluding carboxylic acids is 3. The monoisotopic (exact) mass is 395 g/mol. The van der Waals surface area contributed by atoms with Gasteiger partial charge in [-0.3, -0.25) is 9.59 Å². The third-order valence-electron chi connectivity index (χ3n) is 4.99. The summed E-state index contributed by atoms with van der Waals surface area (Å²) in [4.78, 5) is 38.2. The number of rotatable bonds is 7. The second kappa shape index (κ2) is 9.87. The zero-order chi connectivity index (χ0) is 20.6. The highest BCUT2D eigenvalue weighted by Gasteiger charge is 2.23. The molecular weight excluding hydrogens is 370 g/mol. The molecule has 1 aliphatic heterocycles. The predicted octanol–water partition coefficient (Wildman–Crippen LogP) is 3.24. The van der Waals surface area contributed by atoms with Crippen LogP contribution in [-0.2, 0) is 14.3 Å². The minimum atomic E-state index is -0.604. The molecule has 0 N–H and O–H groups in total. The van der Waals surface area contributed by atoms with E-state index in [9.17, 15) is 14.4 Å². The van der Waals surface area contributed by atoms with Gasteiger partial charge in [-0.05, 0) is 50.5 Å². The summed E-state index contributed by atoms with van der Waals surface area (Å²) in [7, 11) is 0. The van der Waals surface area contributed by atoms with Crippen LogP contribution >= 0.6 is 0 Å². The number of hydrogen-bond acceptors (Lipinski definition) is 5. The molecule has 2 aromatic rings. The molecular formula is C23H25NO5. The fraction of sp³-hybridized carbons (Fsp3) is 0.348. The molecule has 0 aliphatic carbocycles. The van der Waals surface area contributed by atoms with E-state index in [2.05, 4.69) is 0 Å². The van der Waals surface area contributed by atoms with Gasteiger partial charge in [0.25, 0.3) is 5.91 Å². The maximum atomic E-state index is 12.4. The topological polar surface area (TPSA) is 72.9 Å². The Balaban J connectivity index is 1.44. The average Bonchev–Trinajstić information content (AvgIpc) is 2.77. The molecule has 6 nitrogen and oxygen atoms in total. The van der Waals surface area contributed by atoms with Gasteiger partial charge < -0.3 is 14.4 Å². The van der Waals surface area contributed by atoms with Gasteiger partial charge in [0.15, 0.2) is 19.0 Å². The molecule has 1 heterocycles. The summed E-state index contributed by atoms with van der Waals surface area (Å²) in [6, 6.07) is 15.7. The minimum Gasteiger partial charge on any atom is -0.482 e. The average molecular weight is 395 g/mol. The van der Waals surface area contributed by atoms with Crippen LogP contribution in [0.4, 0.5) is 0 Å². The van der Waals surface area contributed by atoms with Crippen molar-refractivity contribution < 1.29 is 23.9 Å². The SMILES string of the molecule is C[C@@H]1CCCCN1C(=O)COC(=O)COc1ccc(C(=O)c2ccccc2)cc1. The first-order chi connectivity index (χ1) is 14.0. The Labute approximate surface area is 170 Å². The molecule has 1 amide bonds. The summed E-state index contributed by atoms with van der Waals surface area (Å²) in [5, 5.41) is 0. The van der Waals surface area contributed by atoms with Gasteiger partial charge in [0.2, 0.25) is 0 Å². The molecule has 152 valence electrons. The lowest BCUT2D eigenvalue weighted by Crippen LogP contribution is -2.44. The van der Waals surface area contributed by atoms with Gasteiger partial charge in [-0.2, -0.15) is 0 Å². The van der Waals surface area contributed by atoms with Gasteiger partial charge in [0, 0.05) is 23.7 Å². The molecule has 0 radical (unpaired) electrons. The summed E-state index contributed by atoms with van der Waals surface area (Å²) < 4.78 is 10.4. The van der Waals surface area contributed by atoms with Crippen molar-refractivity contribution in [3.8, 4) is 5.75 Å². The normalized spacial score (nSPS) is 16.2. The van der Waals surface area contributed by atoms with Crippen molar-refractivity contribution in [2.75, 3.05) is 19.8 Å². The lowest BCUT2D eigenvalue weighted by molar-refractivity contribution is -0.154. The van der Waals surface area contributed by atoms with Gasteiger partial charge in [0.1, 0.15) is 5.75 Å². The first-order valence-electron chi connectivity index (χ1n) is 9.82. The highest BCUT2D eigenvalue weighted by atomic mass is 16.6. The number of ether oxygens (including phenoxy) is 2. The Morgan fingerprint density at radius 2 is 1.62 bits per heavy atom. The molecule has 0 unspecified atom stereocenters. The molecule has 1 aliphatic rings. The van der Waals surface area contributed by atoms with E-state index in [0.717, 1.165) is 19.3 Å². The molecule has 29 heavy (non-hydrogen) atoms. The molecule has 0 saturated carbocycles. The van der Waals surface area contributed by atoms with E-state index in [1.807, 2.05) is 25.1 Å². The second-order valence-electron chi connectivity index (χ2n) is 7.10. The maximum absolute atomic E-state index is 12.4. The summed E-state index contributed by atoms with van der Waals surface area (Å²) in [5.74, 6) is -0.411. The summed E-state index contributed by atoms with van der Waals surface area (Å²) >= 11 is 0. The van der Waals surface area contributed by atoms with Crippen LogP contribution in [0.15, 0.2) is 54.6 Å². The molecule has 0 spiro atoms. The fourth-order valence-electron chi connectivity index (χ4n) is 3.34. The van der Waals surface area contributed by atoms with Crippen molar-refractivity contribution in [1.29, 1.82) is 0 Å². The van der Waals surface area contributed by atoms with E-state index in [-0.39, 0.29) is 30.9 Å². The smallest absolute Gasteiger partial charge is 0.344 e. The van der Waals surface area contributed by atoms with E-state index in [0.29, 0.717) is 23.4 Å². The van der Waals surface area contributed by atoms with Crippen LogP contribution in [0.25, 0.3) is 0 Å². The van der Waals surface area contributed by atoms with Gasteiger partial charge in [0.05, 0.1) is 0 Å². The van der Waals surface area contributed by atoms with Crippen molar-refractivity contribution in [3.05, 3.63) is 65.7 Å². The maximum Gasteiger partial charge on any atom is 0.344 e. The third kappa shape index (κ3) is 5.67. The number of amides is 1. The van der Waals surface area contributed by atoms with E-state index >= 15 is 0 Å². The van der Waals surface area contributed by atoms with Gasteiger partial charge in [-0.15, -0.1) is 0 Å². The van der Waals surface area contributed by atoms with E-state index in [1.54, 1.807) is 41.3 Å². The fourth-order valence-corrected chi connectivity index (χ4v) is 3.34. The number of nitrogens with zero attached hydrogens (tertiary/aromatic N) is 1. The zero-order valence-corrected chi connectivity index (χ0v) is 16.5. The van der Waals surface area contributed by atoms with E-state index in [1.165, 1.54) is 0 Å². The number of likely N-dealkylation sites (tertiary alicyclic amines) is 1. The molecule has 0 bridgehead atoms. The van der Waals surface area contributed by atoms with Crippen LogP contribution in [0.1, 0.15) is 42.1 Å². The molecule has 1 fully saturated rings. The Kier molecular flexibility index (Phi) is 7.00. The number of piperidine rings is 1. The first-order valence-corrected chi connectivity index (χ1v) is 9.82. The van der Waals surface area contributed by atoms with Crippen molar-refractivity contribution in [2.45, 2.75) is 32.2 Å². The molecule has 1 saturated heterocycles. The highest BCUT2D eigenvalue weighted by Crippen LogP contribution is 2.17. The minimum absolute atomic E-state index is 0.0815. The molecule has 3 rings (SSSR count). The van der Waals surface area contributed by atoms with E-state index < -0.39 is 5.97 Å². The lowest BCUT2D eigenvalue weighted by Gasteiger charge is -2.33. The Hall–Kier alpha value is -3.15. The van der Waals surface area contributed by atoms with Crippen LogP contribution in [-0.4, -0.2) is 48.4 Å². The van der Waals surface area contributed by atoms with E-state index in [4.69, 9.17) is 9.47 Å². The zero-order valence-electron chi connectivity index (χ0n) is 16.5. The first kappa shape index (κ1) is 20.6. The second-order valence-corrected chi connectivity index (χ2v) is 7.10.